The molecular formula is C10H13ClN2O3S. The summed E-state index contributed by atoms with van der Waals surface area (Å²) >= 11 is 5.72. The molecule has 1 aromatic carbocycles. The number of rotatable bonds is 5. The largest absolute Gasteiger partial charge is 0.370 e. The number of primary amides is 1. The van der Waals surface area contributed by atoms with Crippen molar-refractivity contribution in [1.29, 1.82) is 0 Å². The average molecular weight is 277 g/mol. The first-order chi connectivity index (χ1) is 7.78. The average Bonchev–Trinajstić information content (AvgIpc) is 2.14. The Bertz CT molecular complexity index is 499. The molecule has 94 valence electrons. The Morgan fingerprint density at radius 2 is 1.94 bits per heavy atom. The number of hydrogen-bond acceptors (Lipinski definition) is 3. The molecule has 17 heavy (non-hydrogen) atoms. The van der Waals surface area contributed by atoms with Gasteiger partial charge in [0.25, 0.3) is 0 Å². The number of halogens is 1. The van der Waals surface area contributed by atoms with Crippen molar-refractivity contribution in [2.45, 2.75) is 12.5 Å². The molecule has 1 atom stereocenters. The zero-order valence-corrected chi connectivity index (χ0v) is 10.8. The third-order valence-corrected chi connectivity index (χ3v) is 3.00. The molecule has 1 aromatic rings. The van der Waals surface area contributed by atoms with Crippen LogP contribution in [0, 0.1) is 0 Å². The SMILES string of the molecule is CS(=O)(=O)NC(CC(N)=O)c1ccc(Cl)cc1. The van der Waals surface area contributed by atoms with Crippen LogP contribution in [0.15, 0.2) is 24.3 Å². The molecular weight excluding hydrogens is 264 g/mol. The van der Waals surface area contributed by atoms with E-state index in [2.05, 4.69) is 4.72 Å². The summed E-state index contributed by atoms with van der Waals surface area (Å²) in [5.41, 5.74) is 5.72. The minimum atomic E-state index is -3.42. The Hall–Kier alpha value is -1.11. The molecule has 0 heterocycles. The molecule has 1 unspecified atom stereocenters. The first-order valence-corrected chi connectivity index (χ1v) is 7.06. The van der Waals surface area contributed by atoms with Crippen LogP contribution in [-0.2, 0) is 14.8 Å². The standard InChI is InChI=1S/C10H13ClN2O3S/c1-17(15,16)13-9(6-10(12)14)7-2-4-8(11)5-3-7/h2-5,9,13H,6H2,1H3,(H2,12,14). The number of amides is 1. The number of sulfonamides is 1. The maximum atomic E-state index is 11.2. The highest BCUT2D eigenvalue weighted by atomic mass is 35.5. The third-order valence-electron chi connectivity index (χ3n) is 2.03. The van der Waals surface area contributed by atoms with E-state index in [1.54, 1.807) is 24.3 Å². The summed E-state index contributed by atoms with van der Waals surface area (Å²) in [4.78, 5) is 10.9. The second-order valence-electron chi connectivity index (χ2n) is 3.66. The molecule has 7 heteroatoms. The van der Waals surface area contributed by atoms with Crippen LogP contribution < -0.4 is 10.5 Å². The highest BCUT2D eigenvalue weighted by Crippen LogP contribution is 2.19. The third kappa shape index (κ3) is 5.16. The topological polar surface area (TPSA) is 89.3 Å². The van der Waals surface area contributed by atoms with Crippen molar-refractivity contribution in [2.75, 3.05) is 6.26 Å². The van der Waals surface area contributed by atoms with Crippen LogP contribution in [0.25, 0.3) is 0 Å². The summed E-state index contributed by atoms with van der Waals surface area (Å²) < 4.78 is 24.7. The fraction of sp³-hybridized carbons (Fsp3) is 0.300. The predicted molar refractivity (Wildman–Crippen MR) is 66.0 cm³/mol. The number of nitrogens with two attached hydrogens (primary N) is 1. The fourth-order valence-corrected chi connectivity index (χ4v) is 2.24. The fourth-order valence-electron chi connectivity index (χ4n) is 1.38. The molecule has 5 nitrogen and oxygen atoms in total. The van der Waals surface area contributed by atoms with Gasteiger partial charge in [-0.1, -0.05) is 23.7 Å². The van der Waals surface area contributed by atoms with Crippen LogP contribution in [0.5, 0.6) is 0 Å². The first-order valence-electron chi connectivity index (χ1n) is 4.79. The van der Waals surface area contributed by atoms with Gasteiger partial charge in [-0.2, -0.15) is 0 Å². The Labute approximate surface area is 105 Å². The molecule has 1 rings (SSSR count). The molecule has 0 aliphatic heterocycles. The Morgan fingerprint density at radius 3 is 2.35 bits per heavy atom. The smallest absolute Gasteiger partial charge is 0.219 e. The second-order valence-corrected chi connectivity index (χ2v) is 5.88. The van der Waals surface area contributed by atoms with Gasteiger partial charge in [-0.25, -0.2) is 13.1 Å². The highest BCUT2D eigenvalue weighted by molar-refractivity contribution is 7.88. The lowest BCUT2D eigenvalue weighted by Gasteiger charge is -2.16. The van der Waals surface area contributed by atoms with Gasteiger partial charge in [0.15, 0.2) is 0 Å². The maximum Gasteiger partial charge on any atom is 0.219 e. The maximum absolute atomic E-state index is 11.2. The predicted octanol–water partition coefficient (Wildman–Crippen LogP) is 0.806. The molecule has 0 fully saturated rings. The zero-order valence-electron chi connectivity index (χ0n) is 9.18. The Morgan fingerprint density at radius 1 is 1.41 bits per heavy atom. The molecule has 0 saturated heterocycles. The van der Waals surface area contributed by atoms with E-state index >= 15 is 0 Å². The van der Waals surface area contributed by atoms with Gasteiger partial charge in [-0.3, -0.25) is 4.79 Å². The van der Waals surface area contributed by atoms with E-state index in [1.165, 1.54) is 0 Å². The van der Waals surface area contributed by atoms with Gasteiger partial charge in [0, 0.05) is 11.4 Å². The summed E-state index contributed by atoms with van der Waals surface area (Å²) in [5, 5.41) is 0.533. The molecule has 3 N–H and O–H groups in total. The van der Waals surface area contributed by atoms with E-state index in [4.69, 9.17) is 17.3 Å². The zero-order chi connectivity index (χ0) is 13.1. The number of nitrogens with one attached hydrogen (secondary N) is 1. The van der Waals surface area contributed by atoms with Gasteiger partial charge in [0.2, 0.25) is 15.9 Å². The van der Waals surface area contributed by atoms with E-state index in [0.717, 1.165) is 6.26 Å². The molecule has 0 aromatic heterocycles. The highest BCUT2D eigenvalue weighted by Gasteiger charge is 2.18. The number of benzene rings is 1. The van der Waals surface area contributed by atoms with Gasteiger partial charge in [-0.05, 0) is 17.7 Å². The Kier molecular flexibility index (Phi) is 4.50. The van der Waals surface area contributed by atoms with Crippen molar-refractivity contribution in [1.82, 2.24) is 4.72 Å². The van der Waals surface area contributed by atoms with E-state index in [1.807, 2.05) is 0 Å². The monoisotopic (exact) mass is 276 g/mol. The Balaban J connectivity index is 2.97. The summed E-state index contributed by atoms with van der Waals surface area (Å²) in [6, 6.07) is 5.87. The van der Waals surface area contributed by atoms with E-state index < -0.39 is 22.0 Å². The van der Waals surface area contributed by atoms with Crippen molar-refractivity contribution >= 4 is 27.5 Å². The van der Waals surface area contributed by atoms with E-state index in [9.17, 15) is 13.2 Å². The van der Waals surface area contributed by atoms with E-state index in [0.29, 0.717) is 10.6 Å². The molecule has 0 saturated carbocycles. The number of carbonyl (C=O) groups excluding carboxylic acids is 1. The van der Waals surface area contributed by atoms with Crippen LogP contribution in [-0.4, -0.2) is 20.6 Å². The van der Waals surface area contributed by atoms with Crippen LogP contribution in [0.4, 0.5) is 0 Å². The number of carbonyl (C=O) groups is 1. The lowest BCUT2D eigenvalue weighted by molar-refractivity contribution is -0.118. The van der Waals surface area contributed by atoms with Crippen molar-refractivity contribution in [3.8, 4) is 0 Å². The second kappa shape index (κ2) is 5.48. The van der Waals surface area contributed by atoms with Crippen molar-refractivity contribution < 1.29 is 13.2 Å². The van der Waals surface area contributed by atoms with Gasteiger partial charge in [0.1, 0.15) is 0 Å². The number of hydrogen-bond donors (Lipinski definition) is 2. The molecule has 0 aliphatic carbocycles. The van der Waals surface area contributed by atoms with Gasteiger partial charge < -0.3 is 5.73 Å². The minimum Gasteiger partial charge on any atom is -0.370 e. The summed E-state index contributed by atoms with van der Waals surface area (Å²) in [6.45, 7) is 0. The lowest BCUT2D eigenvalue weighted by atomic mass is 10.0. The normalized spacial score (nSPS) is 13.3. The van der Waals surface area contributed by atoms with Gasteiger partial charge in [0.05, 0.1) is 12.3 Å². The molecule has 0 radical (unpaired) electrons. The van der Waals surface area contributed by atoms with Crippen LogP contribution in [0.1, 0.15) is 18.0 Å². The van der Waals surface area contributed by atoms with Crippen LogP contribution in [0.2, 0.25) is 5.02 Å². The summed E-state index contributed by atoms with van der Waals surface area (Å²) in [5.74, 6) is -0.582. The quantitative estimate of drug-likeness (QED) is 0.834. The molecule has 1 amide bonds. The van der Waals surface area contributed by atoms with Crippen molar-refractivity contribution in [3.63, 3.8) is 0 Å². The van der Waals surface area contributed by atoms with E-state index in [-0.39, 0.29) is 6.42 Å². The van der Waals surface area contributed by atoms with Crippen molar-refractivity contribution in [2.24, 2.45) is 5.73 Å². The van der Waals surface area contributed by atoms with Gasteiger partial charge >= 0.3 is 0 Å². The molecule has 0 aliphatic rings. The molecule has 0 bridgehead atoms. The lowest BCUT2D eigenvalue weighted by Crippen LogP contribution is -2.30. The molecule has 0 spiro atoms. The van der Waals surface area contributed by atoms with Crippen LogP contribution >= 0.6 is 11.6 Å². The minimum absolute atomic E-state index is 0.102. The van der Waals surface area contributed by atoms with Crippen LogP contribution in [0.3, 0.4) is 0 Å². The summed E-state index contributed by atoms with van der Waals surface area (Å²) in [7, 11) is -3.42. The van der Waals surface area contributed by atoms with Gasteiger partial charge in [-0.15, -0.1) is 0 Å². The first kappa shape index (κ1) is 14.0. The summed E-state index contributed by atoms with van der Waals surface area (Å²) in [6.07, 6.45) is 0.922. The van der Waals surface area contributed by atoms with Crippen molar-refractivity contribution in [3.05, 3.63) is 34.9 Å².